The highest BCUT2D eigenvalue weighted by Gasteiger charge is 2.15. The Morgan fingerprint density at radius 2 is 1.89 bits per heavy atom. The highest BCUT2D eigenvalue weighted by atomic mass is 16.7. The average Bonchev–Trinajstić information content (AvgIpc) is 2.43. The first kappa shape index (κ1) is 14.8. The van der Waals surface area contributed by atoms with Crippen LogP contribution in [0.3, 0.4) is 0 Å². The number of nitrogens with zero attached hydrogens (tertiary/aromatic N) is 1. The van der Waals surface area contributed by atoms with E-state index in [0.29, 0.717) is 13.1 Å². The SMILES string of the molecule is CCOC(=O)NOC(=O)N(CC)Cc1ccccc1. The maximum atomic E-state index is 11.7. The van der Waals surface area contributed by atoms with Crippen LogP contribution in [0, 0.1) is 0 Å². The fourth-order valence-corrected chi connectivity index (χ4v) is 1.42. The number of hydrogen-bond acceptors (Lipinski definition) is 4. The molecule has 0 aliphatic rings. The van der Waals surface area contributed by atoms with Gasteiger partial charge < -0.3 is 14.5 Å². The van der Waals surface area contributed by atoms with Gasteiger partial charge >= 0.3 is 12.2 Å². The van der Waals surface area contributed by atoms with Gasteiger partial charge in [0.1, 0.15) is 0 Å². The number of amides is 2. The lowest BCUT2D eigenvalue weighted by atomic mass is 10.2. The number of carbonyl (C=O) groups is 2. The predicted molar refractivity (Wildman–Crippen MR) is 69.2 cm³/mol. The third-order valence-electron chi connectivity index (χ3n) is 2.35. The zero-order valence-electron chi connectivity index (χ0n) is 11.1. The van der Waals surface area contributed by atoms with Crippen molar-refractivity contribution in [3.8, 4) is 0 Å². The van der Waals surface area contributed by atoms with Crippen LogP contribution in [0.5, 0.6) is 0 Å². The maximum Gasteiger partial charge on any atom is 0.440 e. The van der Waals surface area contributed by atoms with E-state index in [9.17, 15) is 9.59 Å². The first-order valence-corrected chi connectivity index (χ1v) is 6.09. The van der Waals surface area contributed by atoms with Gasteiger partial charge in [-0.1, -0.05) is 30.3 Å². The minimum atomic E-state index is -0.786. The average molecular weight is 266 g/mol. The lowest BCUT2D eigenvalue weighted by molar-refractivity contribution is 0.0429. The first-order valence-electron chi connectivity index (χ1n) is 6.09. The molecule has 2 amide bonds. The van der Waals surface area contributed by atoms with Crippen LogP contribution in [-0.4, -0.2) is 30.2 Å². The Hall–Kier alpha value is -2.24. The van der Waals surface area contributed by atoms with Gasteiger partial charge in [0.15, 0.2) is 0 Å². The summed E-state index contributed by atoms with van der Waals surface area (Å²) < 4.78 is 4.58. The molecule has 0 spiro atoms. The van der Waals surface area contributed by atoms with Crippen LogP contribution in [0.4, 0.5) is 9.59 Å². The fraction of sp³-hybridized carbons (Fsp3) is 0.385. The second-order valence-corrected chi connectivity index (χ2v) is 3.69. The molecule has 1 rings (SSSR count). The van der Waals surface area contributed by atoms with E-state index >= 15 is 0 Å². The molecule has 19 heavy (non-hydrogen) atoms. The summed E-state index contributed by atoms with van der Waals surface area (Å²) in [5.74, 6) is 0. The second kappa shape index (κ2) is 7.97. The van der Waals surface area contributed by atoms with Gasteiger partial charge in [-0.05, 0) is 19.4 Å². The molecule has 0 aliphatic heterocycles. The number of rotatable bonds is 4. The largest absolute Gasteiger partial charge is 0.448 e. The summed E-state index contributed by atoms with van der Waals surface area (Å²) in [5.41, 5.74) is 2.92. The predicted octanol–water partition coefficient (Wildman–Crippen LogP) is 2.31. The van der Waals surface area contributed by atoms with Crippen LogP contribution in [0.15, 0.2) is 30.3 Å². The standard InChI is InChI=1S/C13H18N2O4/c1-3-15(10-11-8-6-5-7-9-11)13(17)19-14-12(16)18-4-2/h5-9H,3-4,10H2,1-2H3,(H,14,16). The van der Waals surface area contributed by atoms with Crippen molar-refractivity contribution in [2.24, 2.45) is 0 Å². The quantitative estimate of drug-likeness (QED) is 0.849. The van der Waals surface area contributed by atoms with Crippen LogP contribution >= 0.6 is 0 Å². The van der Waals surface area contributed by atoms with Crippen LogP contribution in [0.25, 0.3) is 0 Å². The molecule has 1 N–H and O–H groups in total. The summed E-state index contributed by atoms with van der Waals surface area (Å²) in [6, 6.07) is 9.51. The van der Waals surface area contributed by atoms with Crippen LogP contribution in [-0.2, 0) is 16.1 Å². The summed E-state index contributed by atoms with van der Waals surface area (Å²) in [5, 5.41) is 0. The van der Waals surface area contributed by atoms with Gasteiger partial charge in [0.05, 0.1) is 6.61 Å². The van der Waals surface area contributed by atoms with Gasteiger partial charge in [0.25, 0.3) is 0 Å². The lowest BCUT2D eigenvalue weighted by Gasteiger charge is -2.19. The minimum absolute atomic E-state index is 0.213. The third kappa shape index (κ3) is 5.29. The third-order valence-corrected chi connectivity index (χ3v) is 2.35. The fourth-order valence-electron chi connectivity index (χ4n) is 1.42. The Balaban J connectivity index is 2.46. The first-order chi connectivity index (χ1) is 9.17. The van der Waals surface area contributed by atoms with E-state index in [2.05, 4.69) is 9.57 Å². The van der Waals surface area contributed by atoms with E-state index in [0.717, 1.165) is 5.56 Å². The van der Waals surface area contributed by atoms with E-state index in [-0.39, 0.29) is 6.61 Å². The van der Waals surface area contributed by atoms with Gasteiger partial charge in [-0.2, -0.15) is 0 Å². The lowest BCUT2D eigenvalue weighted by Crippen LogP contribution is -2.37. The molecule has 0 saturated carbocycles. The van der Waals surface area contributed by atoms with Crippen molar-refractivity contribution in [2.75, 3.05) is 13.2 Å². The Morgan fingerprint density at radius 3 is 2.47 bits per heavy atom. The zero-order chi connectivity index (χ0) is 14.1. The highest BCUT2D eigenvalue weighted by Crippen LogP contribution is 2.05. The van der Waals surface area contributed by atoms with Crippen LogP contribution < -0.4 is 5.48 Å². The van der Waals surface area contributed by atoms with Crippen molar-refractivity contribution in [3.63, 3.8) is 0 Å². The van der Waals surface area contributed by atoms with E-state index in [1.54, 1.807) is 6.92 Å². The van der Waals surface area contributed by atoms with Crippen molar-refractivity contribution >= 4 is 12.2 Å². The second-order valence-electron chi connectivity index (χ2n) is 3.69. The molecule has 1 aromatic rings. The van der Waals surface area contributed by atoms with Gasteiger partial charge in [-0.25, -0.2) is 9.59 Å². The Kier molecular flexibility index (Phi) is 6.21. The Bertz CT molecular complexity index is 408. The van der Waals surface area contributed by atoms with Crippen LogP contribution in [0.2, 0.25) is 0 Å². The number of hydrogen-bond donors (Lipinski definition) is 1. The number of ether oxygens (including phenoxy) is 1. The molecule has 0 bridgehead atoms. The minimum Gasteiger partial charge on any atom is -0.448 e. The van der Waals surface area contributed by atoms with Gasteiger partial charge in [-0.15, -0.1) is 5.48 Å². The van der Waals surface area contributed by atoms with Crippen molar-refractivity contribution in [3.05, 3.63) is 35.9 Å². The molecule has 6 heteroatoms. The molecule has 0 fully saturated rings. The molecule has 0 radical (unpaired) electrons. The molecular weight excluding hydrogens is 248 g/mol. The summed E-state index contributed by atoms with van der Waals surface area (Å²) in [6.45, 7) is 4.59. The summed E-state index contributed by atoms with van der Waals surface area (Å²) in [4.78, 5) is 28.8. The van der Waals surface area contributed by atoms with Gasteiger partial charge in [0.2, 0.25) is 0 Å². The Morgan fingerprint density at radius 1 is 1.21 bits per heavy atom. The van der Waals surface area contributed by atoms with Crippen molar-refractivity contribution in [1.29, 1.82) is 0 Å². The number of hydroxylamine groups is 1. The molecule has 0 saturated heterocycles. The number of benzene rings is 1. The molecule has 0 atom stereocenters. The van der Waals surface area contributed by atoms with E-state index < -0.39 is 12.2 Å². The topological polar surface area (TPSA) is 67.9 Å². The molecule has 1 aromatic carbocycles. The normalized spacial score (nSPS) is 9.58. The van der Waals surface area contributed by atoms with Crippen LogP contribution in [0.1, 0.15) is 19.4 Å². The van der Waals surface area contributed by atoms with Crippen molar-refractivity contribution < 1.29 is 19.2 Å². The molecule has 0 aromatic heterocycles. The van der Waals surface area contributed by atoms with Crippen molar-refractivity contribution in [2.45, 2.75) is 20.4 Å². The van der Waals surface area contributed by atoms with E-state index in [1.165, 1.54) is 4.90 Å². The van der Waals surface area contributed by atoms with E-state index in [1.807, 2.05) is 42.7 Å². The Labute approximate surface area is 112 Å². The maximum absolute atomic E-state index is 11.7. The monoisotopic (exact) mass is 266 g/mol. The smallest absolute Gasteiger partial charge is 0.440 e. The molecule has 104 valence electrons. The van der Waals surface area contributed by atoms with E-state index in [4.69, 9.17) is 0 Å². The number of carbonyl (C=O) groups excluding carboxylic acids is 2. The zero-order valence-corrected chi connectivity index (χ0v) is 11.1. The molecule has 0 heterocycles. The summed E-state index contributed by atoms with van der Waals surface area (Å²) in [7, 11) is 0. The van der Waals surface area contributed by atoms with Gasteiger partial charge in [-0.3, -0.25) is 0 Å². The molecule has 0 unspecified atom stereocenters. The summed E-state index contributed by atoms with van der Waals surface area (Å²) >= 11 is 0. The summed E-state index contributed by atoms with van der Waals surface area (Å²) in [6.07, 6.45) is -1.41. The van der Waals surface area contributed by atoms with Gasteiger partial charge in [0, 0.05) is 13.1 Å². The highest BCUT2D eigenvalue weighted by molar-refractivity contribution is 5.72. The number of nitrogens with one attached hydrogen (secondary N) is 1. The molecule has 6 nitrogen and oxygen atoms in total. The molecule has 0 aliphatic carbocycles. The molecular formula is C13H18N2O4. The van der Waals surface area contributed by atoms with Crippen molar-refractivity contribution in [1.82, 2.24) is 10.4 Å².